The molecule has 2 nitrogen and oxygen atoms in total. The van der Waals surface area contributed by atoms with Gasteiger partial charge in [0.25, 0.3) is 0 Å². The molecular weight excluding hydrogens is 210 g/mol. The Balaban J connectivity index is 2.21. The molecule has 0 amide bonds. The first-order valence-corrected chi connectivity index (χ1v) is 6.36. The first-order valence-electron chi connectivity index (χ1n) is 6.36. The maximum absolute atomic E-state index is 11.1. The molecule has 17 heavy (non-hydrogen) atoms. The number of nitrogens with zero attached hydrogens (tertiary/aromatic N) is 1. The van der Waals surface area contributed by atoms with E-state index in [1.54, 1.807) is 0 Å². The maximum Gasteiger partial charge on any atom is 0.152 e. The molecule has 1 heterocycles. The van der Waals surface area contributed by atoms with E-state index in [9.17, 15) is 4.79 Å². The third-order valence-corrected chi connectivity index (χ3v) is 3.86. The standard InChI is InChI=1S/C15H17NO/c1-11-6-7-15-14(8-11)12(10-17)9-16(15)13-4-2-3-5-13/h6-10,13H,2-5H2,1H3. The predicted molar refractivity (Wildman–Crippen MR) is 69.6 cm³/mol. The SMILES string of the molecule is Cc1ccc2c(c1)c(C=O)cn2C1CCCC1. The van der Waals surface area contributed by atoms with Crippen LogP contribution in [0.4, 0.5) is 0 Å². The van der Waals surface area contributed by atoms with Crippen molar-refractivity contribution in [3.05, 3.63) is 35.5 Å². The summed E-state index contributed by atoms with van der Waals surface area (Å²) in [7, 11) is 0. The quantitative estimate of drug-likeness (QED) is 0.714. The Kier molecular flexibility index (Phi) is 2.50. The lowest BCUT2D eigenvalue weighted by molar-refractivity contribution is 0.112. The second kappa shape index (κ2) is 4.02. The number of benzene rings is 1. The molecule has 0 aliphatic heterocycles. The highest BCUT2D eigenvalue weighted by Crippen LogP contribution is 2.34. The van der Waals surface area contributed by atoms with Crippen molar-refractivity contribution in [2.75, 3.05) is 0 Å². The summed E-state index contributed by atoms with van der Waals surface area (Å²) in [6, 6.07) is 6.98. The fourth-order valence-electron chi connectivity index (χ4n) is 2.97. The highest BCUT2D eigenvalue weighted by atomic mass is 16.1. The molecule has 0 bridgehead atoms. The van der Waals surface area contributed by atoms with Crippen LogP contribution in [0.3, 0.4) is 0 Å². The zero-order valence-corrected chi connectivity index (χ0v) is 10.1. The summed E-state index contributed by atoms with van der Waals surface area (Å²) in [5, 5.41) is 1.10. The van der Waals surface area contributed by atoms with Crippen LogP contribution in [0.2, 0.25) is 0 Å². The molecule has 0 radical (unpaired) electrons. The minimum atomic E-state index is 0.592. The number of carbonyl (C=O) groups is 1. The van der Waals surface area contributed by atoms with E-state index in [1.165, 1.54) is 36.8 Å². The van der Waals surface area contributed by atoms with Crippen molar-refractivity contribution in [2.45, 2.75) is 38.6 Å². The van der Waals surface area contributed by atoms with E-state index in [2.05, 4.69) is 29.7 Å². The number of aldehydes is 1. The van der Waals surface area contributed by atoms with Gasteiger partial charge in [0.2, 0.25) is 0 Å². The van der Waals surface area contributed by atoms with E-state index in [4.69, 9.17) is 0 Å². The lowest BCUT2D eigenvalue weighted by Gasteiger charge is -2.13. The van der Waals surface area contributed by atoms with Crippen molar-refractivity contribution in [2.24, 2.45) is 0 Å². The zero-order valence-electron chi connectivity index (χ0n) is 10.1. The van der Waals surface area contributed by atoms with Crippen LogP contribution in [0.25, 0.3) is 10.9 Å². The second-order valence-electron chi connectivity index (χ2n) is 5.07. The van der Waals surface area contributed by atoms with E-state index >= 15 is 0 Å². The Morgan fingerprint density at radius 1 is 1.29 bits per heavy atom. The highest BCUT2D eigenvalue weighted by Gasteiger charge is 2.19. The summed E-state index contributed by atoms with van der Waals surface area (Å²) in [6.07, 6.45) is 8.13. The molecule has 0 saturated heterocycles. The fourth-order valence-corrected chi connectivity index (χ4v) is 2.97. The molecular formula is C15H17NO. The molecule has 1 aromatic heterocycles. The first kappa shape index (κ1) is 10.6. The molecule has 0 N–H and O–H groups in total. The number of carbonyl (C=O) groups excluding carboxylic acids is 1. The third-order valence-electron chi connectivity index (χ3n) is 3.86. The van der Waals surface area contributed by atoms with Crippen LogP contribution in [-0.4, -0.2) is 10.9 Å². The van der Waals surface area contributed by atoms with Crippen molar-refractivity contribution < 1.29 is 4.79 Å². The topological polar surface area (TPSA) is 22.0 Å². The fraction of sp³-hybridized carbons (Fsp3) is 0.400. The first-order chi connectivity index (χ1) is 8.29. The van der Waals surface area contributed by atoms with Gasteiger partial charge < -0.3 is 4.57 Å². The number of rotatable bonds is 2. The predicted octanol–water partition coefficient (Wildman–Crippen LogP) is 3.88. The molecule has 1 aliphatic carbocycles. The van der Waals surface area contributed by atoms with E-state index < -0.39 is 0 Å². The molecule has 2 heteroatoms. The minimum absolute atomic E-state index is 0.592. The van der Waals surface area contributed by atoms with Crippen molar-refractivity contribution in [3.8, 4) is 0 Å². The molecule has 1 saturated carbocycles. The monoisotopic (exact) mass is 227 g/mol. The Morgan fingerprint density at radius 3 is 2.76 bits per heavy atom. The summed E-state index contributed by atoms with van der Waals surface area (Å²) in [5.74, 6) is 0. The summed E-state index contributed by atoms with van der Waals surface area (Å²) in [4.78, 5) is 11.1. The number of hydrogen-bond acceptors (Lipinski definition) is 1. The second-order valence-corrected chi connectivity index (χ2v) is 5.07. The van der Waals surface area contributed by atoms with Gasteiger partial charge in [0, 0.05) is 28.7 Å². The van der Waals surface area contributed by atoms with Gasteiger partial charge in [0.05, 0.1) is 0 Å². The van der Waals surface area contributed by atoms with Crippen LogP contribution >= 0.6 is 0 Å². The number of aromatic nitrogens is 1. The maximum atomic E-state index is 11.1. The van der Waals surface area contributed by atoms with Crippen LogP contribution in [0.15, 0.2) is 24.4 Å². The van der Waals surface area contributed by atoms with Gasteiger partial charge in [0.15, 0.2) is 6.29 Å². The summed E-state index contributed by atoms with van der Waals surface area (Å²) in [6.45, 7) is 2.07. The molecule has 0 atom stereocenters. The molecule has 1 aliphatic rings. The largest absolute Gasteiger partial charge is 0.344 e. The summed E-state index contributed by atoms with van der Waals surface area (Å²) in [5.41, 5.74) is 3.25. The van der Waals surface area contributed by atoms with E-state index in [-0.39, 0.29) is 0 Å². The average molecular weight is 227 g/mol. The molecule has 88 valence electrons. The Bertz CT molecular complexity index is 562. The summed E-state index contributed by atoms with van der Waals surface area (Å²) < 4.78 is 2.31. The van der Waals surface area contributed by atoms with Gasteiger partial charge in [-0.1, -0.05) is 24.5 Å². The van der Waals surface area contributed by atoms with Crippen LogP contribution in [0, 0.1) is 6.92 Å². The summed E-state index contributed by atoms with van der Waals surface area (Å²) >= 11 is 0. The third kappa shape index (κ3) is 1.68. The van der Waals surface area contributed by atoms with Gasteiger partial charge in [0.1, 0.15) is 0 Å². The van der Waals surface area contributed by atoms with Gasteiger partial charge in [-0.25, -0.2) is 0 Å². The Hall–Kier alpha value is -1.57. The van der Waals surface area contributed by atoms with E-state index in [0.29, 0.717) is 6.04 Å². The molecule has 1 aromatic carbocycles. The molecule has 3 rings (SSSR count). The van der Waals surface area contributed by atoms with E-state index in [1.807, 2.05) is 6.20 Å². The molecule has 2 aromatic rings. The normalized spacial score (nSPS) is 16.8. The average Bonchev–Trinajstić information content (AvgIpc) is 2.94. The van der Waals surface area contributed by atoms with Gasteiger partial charge in [-0.15, -0.1) is 0 Å². The van der Waals surface area contributed by atoms with Crippen molar-refractivity contribution in [3.63, 3.8) is 0 Å². The van der Waals surface area contributed by atoms with E-state index in [0.717, 1.165) is 17.2 Å². The smallest absolute Gasteiger partial charge is 0.152 e. The van der Waals surface area contributed by atoms with Gasteiger partial charge in [-0.05, 0) is 31.9 Å². The lowest BCUT2D eigenvalue weighted by atomic mass is 10.1. The number of hydrogen-bond donors (Lipinski definition) is 0. The van der Waals surface area contributed by atoms with Crippen LogP contribution in [0.1, 0.15) is 47.6 Å². The van der Waals surface area contributed by atoms with Crippen LogP contribution < -0.4 is 0 Å². The minimum Gasteiger partial charge on any atom is -0.344 e. The lowest BCUT2D eigenvalue weighted by Crippen LogP contribution is -2.02. The van der Waals surface area contributed by atoms with Crippen LogP contribution in [0.5, 0.6) is 0 Å². The Morgan fingerprint density at radius 2 is 2.06 bits per heavy atom. The van der Waals surface area contributed by atoms with Gasteiger partial charge >= 0.3 is 0 Å². The highest BCUT2D eigenvalue weighted by molar-refractivity contribution is 5.98. The molecule has 0 spiro atoms. The zero-order chi connectivity index (χ0) is 11.8. The van der Waals surface area contributed by atoms with Crippen molar-refractivity contribution >= 4 is 17.2 Å². The molecule has 1 fully saturated rings. The molecule has 0 unspecified atom stereocenters. The van der Waals surface area contributed by atoms with Crippen LogP contribution in [-0.2, 0) is 0 Å². The number of aryl methyl sites for hydroxylation is 1. The van der Waals surface area contributed by atoms with Gasteiger partial charge in [-0.3, -0.25) is 4.79 Å². The van der Waals surface area contributed by atoms with Crippen molar-refractivity contribution in [1.29, 1.82) is 0 Å². The number of fused-ring (bicyclic) bond motifs is 1. The van der Waals surface area contributed by atoms with Gasteiger partial charge in [-0.2, -0.15) is 0 Å². The Labute approximate surface area is 101 Å². The van der Waals surface area contributed by atoms with Crippen molar-refractivity contribution in [1.82, 2.24) is 4.57 Å².